The summed E-state index contributed by atoms with van der Waals surface area (Å²) in [5, 5.41) is 1.09. The number of carbonyl (C=O) groups excluding carboxylic acids is 2. The summed E-state index contributed by atoms with van der Waals surface area (Å²) in [6, 6.07) is 5.34. The molecule has 0 N–H and O–H groups in total. The second-order valence-electron chi connectivity index (χ2n) is 9.58. The molecule has 4 rings (SSSR count). The Kier molecular flexibility index (Phi) is 5.04. The van der Waals surface area contributed by atoms with Crippen LogP contribution >= 0.6 is 11.8 Å². The van der Waals surface area contributed by atoms with Gasteiger partial charge in [-0.05, 0) is 44.4 Å². The number of esters is 2. The third-order valence-corrected chi connectivity index (χ3v) is 8.41. The maximum Gasteiger partial charge on any atom is 0.351 e. The van der Waals surface area contributed by atoms with Gasteiger partial charge in [-0.25, -0.2) is 9.59 Å². The van der Waals surface area contributed by atoms with Crippen molar-refractivity contribution in [2.45, 2.75) is 76.7 Å². The molecule has 0 radical (unpaired) electrons. The van der Waals surface area contributed by atoms with Crippen LogP contribution in [0, 0.1) is 17.8 Å². The standard InChI is InChI=1S/C24H28O6S/c1-13(2)31-17-8-7-15-14(3)11-18(25)29-19(15)16(17)12-28-21(27)24-10-9-23(6,20(26)30-24)22(24,4)5/h7-8,11,13H,9-10,12H2,1-6H3/t23-,24+/m1/s1. The molecule has 2 atom stereocenters. The van der Waals surface area contributed by atoms with E-state index >= 15 is 0 Å². The van der Waals surface area contributed by atoms with Gasteiger partial charge in [0.25, 0.3) is 0 Å². The number of fused-ring (bicyclic) bond motifs is 3. The highest BCUT2D eigenvalue weighted by Crippen LogP contribution is 2.65. The smallest absolute Gasteiger partial charge is 0.351 e. The number of thioether (sulfide) groups is 1. The second-order valence-corrected chi connectivity index (χ2v) is 11.2. The predicted molar refractivity (Wildman–Crippen MR) is 118 cm³/mol. The summed E-state index contributed by atoms with van der Waals surface area (Å²) in [6.45, 7) is 11.6. The zero-order valence-corrected chi connectivity index (χ0v) is 19.6. The summed E-state index contributed by atoms with van der Waals surface area (Å²) in [5.41, 5.74) is -1.22. The Morgan fingerprint density at radius 3 is 2.48 bits per heavy atom. The van der Waals surface area contributed by atoms with Crippen LogP contribution in [-0.4, -0.2) is 22.8 Å². The lowest BCUT2D eigenvalue weighted by Gasteiger charge is -2.34. The molecule has 1 saturated carbocycles. The van der Waals surface area contributed by atoms with E-state index < -0.39 is 28.0 Å². The van der Waals surface area contributed by atoms with Crippen molar-refractivity contribution in [2.24, 2.45) is 10.8 Å². The average Bonchev–Trinajstić information content (AvgIpc) is 2.96. The molecule has 1 aromatic heterocycles. The first-order chi connectivity index (χ1) is 14.4. The summed E-state index contributed by atoms with van der Waals surface area (Å²) >= 11 is 1.61. The monoisotopic (exact) mass is 444 g/mol. The molecule has 0 unspecified atom stereocenters. The first-order valence-corrected chi connectivity index (χ1v) is 11.4. The van der Waals surface area contributed by atoms with E-state index in [-0.39, 0.29) is 17.8 Å². The number of benzene rings is 1. The fourth-order valence-electron chi connectivity index (χ4n) is 4.88. The summed E-state index contributed by atoms with van der Waals surface area (Å²) in [6.07, 6.45) is 1.03. The van der Waals surface area contributed by atoms with Crippen molar-refractivity contribution in [3.05, 3.63) is 39.7 Å². The Balaban J connectivity index is 1.71. The molecule has 166 valence electrons. The Labute approximate surface area is 185 Å². The molecule has 31 heavy (non-hydrogen) atoms. The van der Waals surface area contributed by atoms with Crippen molar-refractivity contribution in [3.63, 3.8) is 0 Å². The number of ether oxygens (including phenoxy) is 2. The minimum Gasteiger partial charge on any atom is -0.458 e. The van der Waals surface area contributed by atoms with Crippen LogP contribution in [0.3, 0.4) is 0 Å². The molecular formula is C24H28O6S. The highest BCUT2D eigenvalue weighted by Gasteiger charge is 2.76. The molecule has 7 heteroatoms. The minimum atomic E-state index is -1.29. The third-order valence-electron chi connectivity index (χ3n) is 7.30. The Hall–Kier alpha value is -2.28. The van der Waals surface area contributed by atoms with E-state index in [0.717, 1.165) is 15.8 Å². The Bertz CT molecular complexity index is 1150. The highest BCUT2D eigenvalue weighted by molar-refractivity contribution is 8.00. The van der Waals surface area contributed by atoms with E-state index in [1.807, 2.05) is 39.8 Å². The summed E-state index contributed by atoms with van der Waals surface area (Å²) in [7, 11) is 0. The molecule has 1 aromatic carbocycles. The van der Waals surface area contributed by atoms with Gasteiger partial charge in [-0.1, -0.05) is 27.7 Å². The van der Waals surface area contributed by atoms with Crippen LogP contribution in [0.1, 0.15) is 58.6 Å². The van der Waals surface area contributed by atoms with E-state index in [9.17, 15) is 14.4 Å². The Morgan fingerprint density at radius 1 is 1.19 bits per heavy atom. The molecule has 1 saturated heterocycles. The van der Waals surface area contributed by atoms with E-state index in [4.69, 9.17) is 13.9 Å². The molecular weight excluding hydrogens is 416 g/mol. The van der Waals surface area contributed by atoms with Gasteiger partial charge in [0.05, 0.1) is 5.41 Å². The van der Waals surface area contributed by atoms with Crippen LogP contribution in [0.15, 0.2) is 32.3 Å². The normalized spacial score (nSPS) is 26.5. The van der Waals surface area contributed by atoms with E-state index in [1.165, 1.54) is 6.07 Å². The molecule has 0 spiro atoms. The van der Waals surface area contributed by atoms with Gasteiger partial charge in [0.15, 0.2) is 0 Å². The van der Waals surface area contributed by atoms with Crippen molar-refractivity contribution in [3.8, 4) is 0 Å². The quantitative estimate of drug-likeness (QED) is 0.373. The van der Waals surface area contributed by atoms with Gasteiger partial charge < -0.3 is 13.9 Å². The lowest BCUT2D eigenvalue weighted by atomic mass is 9.66. The van der Waals surface area contributed by atoms with Gasteiger partial charge in [0.2, 0.25) is 5.60 Å². The third kappa shape index (κ3) is 3.04. The summed E-state index contributed by atoms with van der Waals surface area (Å²) < 4.78 is 17.0. The molecule has 2 bridgehead atoms. The number of carbonyl (C=O) groups is 2. The summed E-state index contributed by atoms with van der Waals surface area (Å²) in [4.78, 5) is 38.8. The van der Waals surface area contributed by atoms with E-state index in [0.29, 0.717) is 24.0 Å². The topological polar surface area (TPSA) is 82.8 Å². The van der Waals surface area contributed by atoms with Crippen LogP contribution < -0.4 is 5.63 Å². The largest absolute Gasteiger partial charge is 0.458 e. The molecule has 2 aromatic rings. The second kappa shape index (κ2) is 7.12. The lowest BCUT2D eigenvalue weighted by molar-refractivity contribution is -0.184. The number of rotatable bonds is 5. The minimum absolute atomic E-state index is 0.0658. The van der Waals surface area contributed by atoms with Crippen LogP contribution in [0.2, 0.25) is 0 Å². The molecule has 6 nitrogen and oxygen atoms in total. The summed E-state index contributed by atoms with van der Waals surface area (Å²) in [5.74, 6) is -0.886. The number of hydrogen-bond donors (Lipinski definition) is 0. The average molecular weight is 445 g/mol. The van der Waals surface area contributed by atoms with Crippen molar-refractivity contribution < 1.29 is 23.5 Å². The van der Waals surface area contributed by atoms with Crippen LogP contribution in [0.5, 0.6) is 0 Å². The van der Waals surface area contributed by atoms with Crippen molar-refractivity contribution in [2.75, 3.05) is 0 Å². The van der Waals surface area contributed by atoms with Gasteiger partial charge >= 0.3 is 17.6 Å². The van der Waals surface area contributed by atoms with Gasteiger partial charge in [-0.3, -0.25) is 4.79 Å². The number of hydrogen-bond acceptors (Lipinski definition) is 7. The van der Waals surface area contributed by atoms with Gasteiger partial charge in [-0.2, -0.15) is 0 Å². The zero-order valence-electron chi connectivity index (χ0n) is 18.8. The highest BCUT2D eigenvalue weighted by atomic mass is 32.2. The lowest BCUT2D eigenvalue weighted by Crippen LogP contribution is -2.48. The molecule has 1 aliphatic carbocycles. The van der Waals surface area contributed by atoms with E-state index in [2.05, 4.69) is 13.8 Å². The zero-order chi connectivity index (χ0) is 22.8. The van der Waals surface area contributed by atoms with Crippen LogP contribution in [-0.2, 0) is 25.7 Å². The molecule has 2 fully saturated rings. The van der Waals surface area contributed by atoms with Crippen LogP contribution in [0.4, 0.5) is 0 Å². The maximum atomic E-state index is 13.3. The van der Waals surface area contributed by atoms with E-state index in [1.54, 1.807) is 11.8 Å². The molecule has 2 heterocycles. The first-order valence-electron chi connectivity index (χ1n) is 10.6. The van der Waals surface area contributed by atoms with Gasteiger partial charge in [0.1, 0.15) is 12.2 Å². The van der Waals surface area contributed by atoms with Crippen molar-refractivity contribution in [1.29, 1.82) is 0 Å². The fourth-order valence-corrected chi connectivity index (χ4v) is 5.83. The fraction of sp³-hybridized carbons (Fsp3) is 0.542. The predicted octanol–water partition coefficient (Wildman–Crippen LogP) is 4.77. The van der Waals surface area contributed by atoms with Gasteiger partial charge in [-0.15, -0.1) is 11.8 Å². The van der Waals surface area contributed by atoms with Crippen LogP contribution in [0.25, 0.3) is 11.0 Å². The SMILES string of the molecule is Cc1cc(=O)oc2c(COC(=O)[C@]34CC[C@](C)(C(=O)O3)C4(C)C)c(SC(C)C)ccc12. The maximum absolute atomic E-state index is 13.3. The molecule has 2 aliphatic rings. The molecule has 0 amide bonds. The number of aryl methyl sites for hydroxylation is 1. The molecule has 1 aliphatic heterocycles. The van der Waals surface area contributed by atoms with Gasteiger partial charge in [0, 0.05) is 32.6 Å². The van der Waals surface area contributed by atoms with Crippen molar-refractivity contribution in [1.82, 2.24) is 0 Å². The first kappa shape index (κ1) is 21.9. The van der Waals surface area contributed by atoms with Crippen molar-refractivity contribution >= 4 is 34.7 Å². The Morgan fingerprint density at radius 2 is 1.90 bits per heavy atom.